The van der Waals surface area contributed by atoms with E-state index in [0.29, 0.717) is 5.02 Å². The van der Waals surface area contributed by atoms with Crippen molar-refractivity contribution < 1.29 is 9.53 Å². The van der Waals surface area contributed by atoms with Crippen molar-refractivity contribution in [2.45, 2.75) is 12.6 Å². The molecule has 1 aromatic heterocycles. The van der Waals surface area contributed by atoms with E-state index in [4.69, 9.17) is 16.3 Å². The first-order chi connectivity index (χ1) is 9.58. The fourth-order valence-electron chi connectivity index (χ4n) is 1.86. The van der Waals surface area contributed by atoms with E-state index in [1.807, 2.05) is 26.2 Å². The van der Waals surface area contributed by atoms with E-state index in [1.165, 1.54) is 11.3 Å². The number of halogens is 1. The molecular weight excluding hydrogens is 296 g/mol. The minimum absolute atomic E-state index is 0.244. The molecule has 1 heterocycles. The molecule has 0 aliphatic heterocycles. The van der Waals surface area contributed by atoms with Crippen molar-refractivity contribution in [2.75, 3.05) is 14.1 Å². The van der Waals surface area contributed by atoms with Crippen molar-refractivity contribution in [2.24, 2.45) is 0 Å². The summed E-state index contributed by atoms with van der Waals surface area (Å²) in [5.41, 5.74) is 2.53. The summed E-state index contributed by atoms with van der Waals surface area (Å²) < 4.78 is 5.35. The van der Waals surface area contributed by atoms with Gasteiger partial charge in [0.1, 0.15) is 12.6 Å². The summed E-state index contributed by atoms with van der Waals surface area (Å²) in [6, 6.07) is 6.78. The van der Waals surface area contributed by atoms with Crippen LogP contribution < -0.4 is 0 Å². The number of ether oxygens (including phenoxy) is 1. The number of thiazole rings is 1. The van der Waals surface area contributed by atoms with E-state index in [1.54, 1.807) is 28.7 Å². The molecule has 0 radical (unpaired) electrons. The van der Waals surface area contributed by atoms with Gasteiger partial charge in [0.05, 0.1) is 10.4 Å². The van der Waals surface area contributed by atoms with Gasteiger partial charge in [-0.2, -0.15) is 0 Å². The fraction of sp³-hybridized carbons (Fsp3) is 0.286. The lowest BCUT2D eigenvalue weighted by Gasteiger charge is -2.23. The van der Waals surface area contributed by atoms with Crippen LogP contribution in [0.2, 0.25) is 5.02 Å². The molecule has 0 saturated carbocycles. The van der Waals surface area contributed by atoms with Crippen molar-refractivity contribution in [1.29, 1.82) is 0 Å². The first-order valence-corrected chi connectivity index (χ1v) is 7.29. The normalized spacial score (nSPS) is 12.4. The molecule has 0 saturated heterocycles. The molecule has 0 fully saturated rings. The third-order valence-electron chi connectivity index (χ3n) is 2.74. The molecule has 0 aliphatic rings. The number of likely N-dealkylation sites (N-methyl/N-ethyl adjacent to an activating group) is 1. The quantitative estimate of drug-likeness (QED) is 0.796. The van der Waals surface area contributed by atoms with Gasteiger partial charge in [0.2, 0.25) is 0 Å². The highest BCUT2D eigenvalue weighted by Gasteiger charge is 2.24. The van der Waals surface area contributed by atoms with Crippen molar-refractivity contribution in [1.82, 2.24) is 9.88 Å². The molecule has 0 bridgehead atoms. The maximum absolute atomic E-state index is 12.3. The highest BCUT2D eigenvalue weighted by molar-refractivity contribution is 7.09. The molecule has 0 aliphatic carbocycles. The molecule has 6 heteroatoms. The monoisotopic (exact) mass is 310 g/mol. The number of aromatic nitrogens is 1. The van der Waals surface area contributed by atoms with Crippen LogP contribution in [0.5, 0.6) is 0 Å². The highest BCUT2D eigenvalue weighted by Crippen LogP contribution is 2.23. The van der Waals surface area contributed by atoms with E-state index in [9.17, 15) is 4.79 Å². The van der Waals surface area contributed by atoms with Crippen LogP contribution >= 0.6 is 22.9 Å². The summed E-state index contributed by atoms with van der Waals surface area (Å²) in [5.74, 6) is -0.300. The molecule has 4 nitrogen and oxygen atoms in total. The van der Waals surface area contributed by atoms with Crippen molar-refractivity contribution in [3.05, 3.63) is 51.4 Å². The molecule has 0 spiro atoms. The second-order valence-electron chi connectivity index (χ2n) is 4.50. The predicted molar refractivity (Wildman–Crippen MR) is 79.8 cm³/mol. The van der Waals surface area contributed by atoms with Gasteiger partial charge in [-0.1, -0.05) is 23.7 Å². The van der Waals surface area contributed by atoms with E-state index in [-0.39, 0.29) is 12.6 Å². The highest BCUT2D eigenvalue weighted by atomic mass is 35.5. The standard InChI is InChI=1S/C14H15ClN2O2S/c1-17(2)13(10-4-3-5-11(15)6-10)14(18)19-8-12-7-16-9-20-12/h3-7,9,13H,8H2,1-2H3. The van der Waals surface area contributed by atoms with Gasteiger partial charge in [0.15, 0.2) is 0 Å². The average molecular weight is 311 g/mol. The lowest BCUT2D eigenvalue weighted by Crippen LogP contribution is -2.29. The first-order valence-electron chi connectivity index (χ1n) is 6.04. The Morgan fingerprint density at radius 3 is 2.90 bits per heavy atom. The van der Waals surface area contributed by atoms with Crippen molar-refractivity contribution >= 4 is 28.9 Å². The van der Waals surface area contributed by atoms with E-state index < -0.39 is 6.04 Å². The maximum atomic E-state index is 12.3. The molecular formula is C14H15ClN2O2S. The Balaban J connectivity index is 2.10. The lowest BCUT2D eigenvalue weighted by atomic mass is 10.1. The van der Waals surface area contributed by atoms with Crippen LogP contribution in [-0.4, -0.2) is 29.9 Å². The summed E-state index contributed by atoms with van der Waals surface area (Å²) in [6.07, 6.45) is 1.70. The zero-order chi connectivity index (χ0) is 14.5. The van der Waals surface area contributed by atoms with Gasteiger partial charge in [-0.3, -0.25) is 9.88 Å². The lowest BCUT2D eigenvalue weighted by molar-refractivity contribution is -0.150. The van der Waals surface area contributed by atoms with Gasteiger partial charge in [0.25, 0.3) is 0 Å². The number of benzene rings is 1. The van der Waals surface area contributed by atoms with Crippen LogP contribution in [0.4, 0.5) is 0 Å². The number of hydrogen-bond donors (Lipinski definition) is 0. The van der Waals surface area contributed by atoms with Gasteiger partial charge in [-0.15, -0.1) is 11.3 Å². The van der Waals surface area contributed by atoms with E-state index in [0.717, 1.165) is 10.4 Å². The smallest absolute Gasteiger partial charge is 0.328 e. The van der Waals surface area contributed by atoms with Crippen LogP contribution in [0.3, 0.4) is 0 Å². The Labute approximate surface area is 127 Å². The molecule has 20 heavy (non-hydrogen) atoms. The van der Waals surface area contributed by atoms with E-state index in [2.05, 4.69) is 4.98 Å². The molecule has 0 N–H and O–H groups in total. The van der Waals surface area contributed by atoms with Gasteiger partial charge in [-0.05, 0) is 31.8 Å². The third kappa shape index (κ3) is 3.79. The third-order valence-corrected chi connectivity index (χ3v) is 3.73. The van der Waals surface area contributed by atoms with Crippen LogP contribution in [0, 0.1) is 0 Å². The van der Waals surface area contributed by atoms with Gasteiger partial charge < -0.3 is 4.74 Å². The van der Waals surface area contributed by atoms with Gasteiger partial charge in [0, 0.05) is 11.2 Å². The molecule has 1 unspecified atom stereocenters. The number of carbonyl (C=O) groups is 1. The number of carbonyl (C=O) groups excluding carboxylic acids is 1. The minimum Gasteiger partial charge on any atom is -0.458 e. The molecule has 1 atom stereocenters. The molecule has 0 amide bonds. The minimum atomic E-state index is -0.471. The molecule has 1 aromatic carbocycles. The number of hydrogen-bond acceptors (Lipinski definition) is 5. The summed E-state index contributed by atoms with van der Waals surface area (Å²) in [4.78, 5) is 18.9. The van der Waals surface area contributed by atoms with Crippen LogP contribution in [-0.2, 0) is 16.1 Å². The zero-order valence-electron chi connectivity index (χ0n) is 11.2. The first kappa shape index (κ1) is 15.0. The Kier molecular flexibility index (Phi) is 5.11. The summed E-state index contributed by atoms with van der Waals surface area (Å²) in [5, 5.41) is 0.601. The molecule has 106 valence electrons. The predicted octanol–water partition coefficient (Wildman–Crippen LogP) is 3.14. The van der Waals surface area contributed by atoms with Gasteiger partial charge >= 0.3 is 5.97 Å². The number of rotatable bonds is 5. The zero-order valence-corrected chi connectivity index (χ0v) is 12.8. The SMILES string of the molecule is CN(C)C(C(=O)OCc1cncs1)c1cccc(Cl)c1. The Hall–Kier alpha value is -1.43. The Morgan fingerprint density at radius 2 is 2.30 bits per heavy atom. The second-order valence-corrected chi connectivity index (χ2v) is 5.90. The van der Waals surface area contributed by atoms with Crippen molar-refractivity contribution in [3.63, 3.8) is 0 Å². The van der Waals surface area contributed by atoms with E-state index >= 15 is 0 Å². The topological polar surface area (TPSA) is 42.4 Å². The molecule has 2 aromatic rings. The van der Waals surface area contributed by atoms with Crippen LogP contribution in [0.15, 0.2) is 36.0 Å². The van der Waals surface area contributed by atoms with Crippen LogP contribution in [0.25, 0.3) is 0 Å². The fourth-order valence-corrected chi connectivity index (χ4v) is 2.56. The summed E-state index contributed by atoms with van der Waals surface area (Å²) in [7, 11) is 3.67. The number of nitrogens with zero attached hydrogens (tertiary/aromatic N) is 2. The second kappa shape index (κ2) is 6.83. The Morgan fingerprint density at radius 1 is 1.50 bits per heavy atom. The Bertz CT molecular complexity index is 572. The number of esters is 1. The van der Waals surface area contributed by atoms with Crippen LogP contribution in [0.1, 0.15) is 16.5 Å². The maximum Gasteiger partial charge on any atom is 0.328 e. The van der Waals surface area contributed by atoms with Gasteiger partial charge in [-0.25, -0.2) is 4.79 Å². The molecule has 2 rings (SSSR count). The summed E-state index contributed by atoms with van der Waals surface area (Å²) in [6.45, 7) is 0.244. The van der Waals surface area contributed by atoms with Crippen molar-refractivity contribution in [3.8, 4) is 0 Å². The summed E-state index contributed by atoms with van der Waals surface area (Å²) >= 11 is 7.44. The average Bonchev–Trinajstić information content (AvgIpc) is 2.89. The largest absolute Gasteiger partial charge is 0.458 e.